The van der Waals surface area contributed by atoms with Crippen molar-refractivity contribution in [1.29, 1.82) is 0 Å². The molecule has 1 rings (SSSR count). The van der Waals surface area contributed by atoms with Crippen molar-refractivity contribution in [3.05, 3.63) is 0 Å². The fourth-order valence-corrected chi connectivity index (χ4v) is 2.95. The molecule has 0 saturated heterocycles. The lowest BCUT2D eigenvalue weighted by molar-refractivity contribution is -0.158. The van der Waals surface area contributed by atoms with Crippen molar-refractivity contribution in [3.8, 4) is 0 Å². The molecule has 1 fully saturated rings. The first-order valence-corrected chi connectivity index (χ1v) is 5.73. The molecule has 0 bridgehead atoms. The maximum Gasteiger partial charge on any atom is 0.324 e. The predicted octanol–water partition coefficient (Wildman–Crippen LogP) is -0.953. The number of carbonyl (C=O) groups excluding carboxylic acids is 1. The van der Waals surface area contributed by atoms with E-state index in [2.05, 4.69) is 4.74 Å². The van der Waals surface area contributed by atoms with Crippen molar-refractivity contribution in [2.75, 3.05) is 13.4 Å². The maximum atomic E-state index is 11.1. The van der Waals surface area contributed by atoms with Crippen LogP contribution in [-0.2, 0) is 24.2 Å². The van der Waals surface area contributed by atoms with Crippen molar-refractivity contribution in [2.24, 2.45) is 5.41 Å². The lowest BCUT2D eigenvalue weighted by atomic mass is 10.1. The SMILES string of the molecule is COC(=O)[C@@]1(C(=O)O)C[C@H]1S(C)(=O)=O. The van der Waals surface area contributed by atoms with E-state index in [1.54, 1.807) is 0 Å². The molecule has 0 aliphatic heterocycles. The predicted molar refractivity (Wildman–Crippen MR) is 45.3 cm³/mol. The van der Waals surface area contributed by atoms with E-state index in [0.717, 1.165) is 13.4 Å². The van der Waals surface area contributed by atoms with Gasteiger partial charge in [0.2, 0.25) is 0 Å². The second-order valence-electron chi connectivity index (χ2n) is 3.29. The van der Waals surface area contributed by atoms with Crippen LogP contribution in [0.15, 0.2) is 0 Å². The summed E-state index contributed by atoms with van der Waals surface area (Å²) in [7, 11) is -2.49. The number of sulfone groups is 1. The lowest BCUT2D eigenvalue weighted by Gasteiger charge is -2.08. The molecule has 0 aromatic heterocycles. The number of hydrogen-bond donors (Lipinski definition) is 1. The van der Waals surface area contributed by atoms with Crippen LogP contribution in [-0.4, -0.2) is 44.1 Å². The highest BCUT2D eigenvalue weighted by molar-refractivity contribution is 7.91. The van der Waals surface area contributed by atoms with Crippen LogP contribution in [0.25, 0.3) is 0 Å². The van der Waals surface area contributed by atoms with Gasteiger partial charge in [-0.1, -0.05) is 0 Å². The van der Waals surface area contributed by atoms with E-state index in [4.69, 9.17) is 5.11 Å². The molecule has 1 N–H and O–H groups in total. The topological polar surface area (TPSA) is 97.7 Å². The van der Waals surface area contributed by atoms with Gasteiger partial charge in [0.05, 0.1) is 12.4 Å². The molecule has 1 saturated carbocycles. The third-order valence-corrected chi connectivity index (χ3v) is 3.95. The number of carboxylic acids is 1. The Morgan fingerprint density at radius 2 is 2.00 bits per heavy atom. The summed E-state index contributed by atoms with van der Waals surface area (Å²) < 4.78 is 26.4. The lowest BCUT2D eigenvalue weighted by Crippen LogP contribution is -2.32. The van der Waals surface area contributed by atoms with E-state index in [1.165, 1.54) is 0 Å². The summed E-state index contributed by atoms with van der Waals surface area (Å²) in [5.41, 5.74) is -1.87. The van der Waals surface area contributed by atoms with Gasteiger partial charge >= 0.3 is 11.9 Å². The van der Waals surface area contributed by atoms with Crippen LogP contribution in [0.4, 0.5) is 0 Å². The average Bonchev–Trinajstić information content (AvgIpc) is 2.77. The van der Waals surface area contributed by atoms with Gasteiger partial charge in [-0.15, -0.1) is 0 Å². The first kappa shape index (κ1) is 11.0. The molecule has 0 unspecified atom stereocenters. The highest BCUT2D eigenvalue weighted by atomic mass is 32.2. The van der Waals surface area contributed by atoms with Crippen molar-refractivity contribution in [3.63, 3.8) is 0 Å². The second-order valence-corrected chi connectivity index (χ2v) is 5.52. The van der Waals surface area contributed by atoms with Crippen LogP contribution in [0.5, 0.6) is 0 Å². The minimum atomic E-state index is -3.52. The molecule has 0 radical (unpaired) electrons. The first-order valence-electron chi connectivity index (χ1n) is 3.77. The largest absolute Gasteiger partial charge is 0.480 e. The number of methoxy groups -OCH3 is 1. The van der Waals surface area contributed by atoms with E-state index >= 15 is 0 Å². The van der Waals surface area contributed by atoms with Crippen LogP contribution in [0, 0.1) is 5.41 Å². The molecule has 0 aromatic rings. The number of rotatable bonds is 3. The minimum Gasteiger partial charge on any atom is -0.480 e. The Morgan fingerprint density at radius 1 is 1.50 bits per heavy atom. The summed E-state index contributed by atoms with van der Waals surface area (Å²) in [5, 5.41) is 7.62. The van der Waals surface area contributed by atoms with E-state index in [-0.39, 0.29) is 6.42 Å². The third kappa shape index (κ3) is 1.37. The first-order chi connectivity index (χ1) is 6.26. The fraction of sp³-hybridized carbons (Fsp3) is 0.714. The Bertz CT molecular complexity index is 383. The minimum absolute atomic E-state index is 0.201. The molecule has 0 heterocycles. The zero-order valence-electron chi connectivity index (χ0n) is 7.68. The Kier molecular flexibility index (Phi) is 2.31. The van der Waals surface area contributed by atoms with E-state index in [0.29, 0.717) is 0 Å². The van der Waals surface area contributed by atoms with Crippen LogP contribution < -0.4 is 0 Å². The second kappa shape index (κ2) is 2.94. The Labute approximate surface area is 80.8 Å². The van der Waals surface area contributed by atoms with Gasteiger partial charge in [-0.05, 0) is 6.42 Å². The number of ether oxygens (including phenoxy) is 1. The van der Waals surface area contributed by atoms with Gasteiger partial charge in [-0.25, -0.2) is 8.42 Å². The summed E-state index contributed by atoms with van der Waals surface area (Å²) in [4.78, 5) is 21.9. The number of aliphatic carboxylic acids is 1. The third-order valence-electron chi connectivity index (χ3n) is 2.34. The highest BCUT2D eigenvalue weighted by Gasteiger charge is 2.71. The smallest absolute Gasteiger partial charge is 0.324 e. The van der Waals surface area contributed by atoms with Gasteiger partial charge in [0.1, 0.15) is 0 Å². The van der Waals surface area contributed by atoms with Gasteiger partial charge < -0.3 is 9.84 Å². The van der Waals surface area contributed by atoms with E-state index < -0.39 is 32.4 Å². The molecule has 0 aromatic carbocycles. The fourth-order valence-electron chi connectivity index (χ4n) is 1.46. The zero-order chi connectivity index (χ0) is 11.1. The summed E-state index contributed by atoms with van der Waals surface area (Å²) >= 11 is 0. The highest BCUT2D eigenvalue weighted by Crippen LogP contribution is 2.51. The Morgan fingerprint density at radius 3 is 2.21 bits per heavy atom. The molecule has 0 spiro atoms. The van der Waals surface area contributed by atoms with Crippen LogP contribution in [0.3, 0.4) is 0 Å². The van der Waals surface area contributed by atoms with Gasteiger partial charge in [0.25, 0.3) is 0 Å². The molecule has 1 aliphatic carbocycles. The van der Waals surface area contributed by atoms with Crippen LogP contribution in [0.2, 0.25) is 0 Å². The number of esters is 1. The van der Waals surface area contributed by atoms with Crippen molar-refractivity contribution in [2.45, 2.75) is 11.7 Å². The van der Waals surface area contributed by atoms with Gasteiger partial charge in [-0.2, -0.15) is 0 Å². The van der Waals surface area contributed by atoms with E-state index in [9.17, 15) is 18.0 Å². The van der Waals surface area contributed by atoms with Crippen LogP contribution >= 0.6 is 0 Å². The quantitative estimate of drug-likeness (QED) is 0.488. The molecular formula is C7H10O6S. The van der Waals surface area contributed by atoms with Gasteiger partial charge in [-0.3, -0.25) is 9.59 Å². The van der Waals surface area contributed by atoms with E-state index in [1.807, 2.05) is 0 Å². The summed E-state index contributed by atoms with van der Waals surface area (Å²) in [6, 6.07) is 0. The Balaban J connectivity index is 3.05. The summed E-state index contributed by atoms with van der Waals surface area (Å²) in [6.45, 7) is 0. The molecule has 6 nitrogen and oxygen atoms in total. The van der Waals surface area contributed by atoms with Crippen molar-refractivity contribution in [1.82, 2.24) is 0 Å². The molecule has 0 amide bonds. The molecular weight excluding hydrogens is 212 g/mol. The standard InChI is InChI=1S/C7H10O6S/c1-13-6(10)7(5(8)9)3-4(7)14(2,11)12/h4H,3H2,1-2H3,(H,8,9)/t4-,7+/m1/s1. The van der Waals surface area contributed by atoms with Gasteiger partial charge in [0, 0.05) is 6.26 Å². The Hall–Kier alpha value is -1.11. The molecule has 7 heteroatoms. The molecule has 80 valence electrons. The zero-order valence-corrected chi connectivity index (χ0v) is 8.50. The molecule has 2 atom stereocenters. The summed E-state index contributed by atoms with van der Waals surface area (Å²) in [6.07, 6.45) is 0.707. The molecule has 14 heavy (non-hydrogen) atoms. The summed E-state index contributed by atoms with van der Waals surface area (Å²) in [5.74, 6) is -2.44. The maximum absolute atomic E-state index is 11.1. The van der Waals surface area contributed by atoms with Crippen molar-refractivity contribution >= 4 is 21.8 Å². The number of hydrogen-bond acceptors (Lipinski definition) is 5. The van der Waals surface area contributed by atoms with Gasteiger partial charge in [0.15, 0.2) is 15.3 Å². The van der Waals surface area contributed by atoms with Crippen molar-refractivity contribution < 1.29 is 27.9 Å². The number of carbonyl (C=O) groups is 2. The normalized spacial score (nSPS) is 30.9. The average molecular weight is 222 g/mol. The van der Waals surface area contributed by atoms with Crippen LogP contribution in [0.1, 0.15) is 6.42 Å². The molecule has 1 aliphatic rings. The number of carboxylic acid groups (broad SMARTS) is 1. The monoisotopic (exact) mass is 222 g/mol.